The zero-order valence-corrected chi connectivity index (χ0v) is 15.9. The van der Waals surface area contributed by atoms with E-state index in [1.165, 1.54) is 12.1 Å². The maximum atomic E-state index is 12.9. The van der Waals surface area contributed by atoms with Crippen molar-refractivity contribution in [3.63, 3.8) is 0 Å². The molecule has 1 fully saturated rings. The fourth-order valence-corrected chi connectivity index (χ4v) is 4.06. The zero-order valence-electron chi connectivity index (χ0n) is 15.1. The molecule has 5 nitrogen and oxygen atoms in total. The average Bonchev–Trinajstić information content (AvgIpc) is 3.45. The van der Waals surface area contributed by atoms with Gasteiger partial charge in [0.15, 0.2) is 0 Å². The molecule has 2 aromatic rings. The highest BCUT2D eigenvalue weighted by molar-refractivity contribution is 7.92. The van der Waals surface area contributed by atoms with Gasteiger partial charge in [0, 0.05) is 11.6 Å². The fourth-order valence-electron chi connectivity index (χ4n) is 2.87. The van der Waals surface area contributed by atoms with E-state index >= 15 is 0 Å². The van der Waals surface area contributed by atoms with Gasteiger partial charge in [0.25, 0.3) is 15.9 Å². The van der Waals surface area contributed by atoms with E-state index in [2.05, 4.69) is 10.0 Å². The Hall–Kier alpha value is -2.34. The zero-order chi connectivity index (χ0) is 18.7. The number of benzene rings is 2. The van der Waals surface area contributed by atoms with Crippen molar-refractivity contribution in [3.8, 4) is 0 Å². The number of amides is 1. The molecule has 0 spiro atoms. The summed E-state index contributed by atoms with van der Waals surface area (Å²) in [5.41, 5.74) is 2.91. The highest BCUT2D eigenvalue weighted by Crippen LogP contribution is 2.26. The molecule has 3 rings (SSSR count). The van der Waals surface area contributed by atoms with Crippen LogP contribution in [-0.2, 0) is 22.9 Å². The Morgan fingerprint density at radius 3 is 2.23 bits per heavy atom. The second-order valence-corrected chi connectivity index (χ2v) is 8.22. The minimum atomic E-state index is -3.78. The van der Waals surface area contributed by atoms with Crippen molar-refractivity contribution in [1.82, 2.24) is 5.32 Å². The molecule has 2 N–H and O–H groups in total. The molecule has 138 valence electrons. The molecule has 1 aliphatic carbocycles. The lowest BCUT2D eigenvalue weighted by atomic mass is 10.0. The van der Waals surface area contributed by atoms with E-state index in [1.54, 1.807) is 12.1 Å². The van der Waals surface area contributed by atoms with Gasteiger partial charge >= 0.3 is 0 Å². The molecule has 0 unspecified atom stereocenters. The number of anilines is 1. The molecule has 0 atom stereocenters. The number of sulfonamides is 1. The van der Waals surface area contributed by atoms with Crippen molar-refractivity contribution >= 4 is 21.6 Å². The lowest BCUT2D eigenvalue weighted by Gasteiger charge is -2.16. The van der Waals surface area contributed by atoms with E-state index in [0.717, 1.165) is 36.8 Å². The molecule has 0 saturated heterocycles. The van der Waals surface area contributed by atoms with Crippen LogP contribution in [-0.4, -0.2) is 20.4 Å². The molecule has 1 amide bonds. The number of carbonyl (C=O) groups excluding carboxylic acids is 1. The normalized spacial score (nSPS) is 14.1. The molecule has 26 heavy (non-hydrogen) atoms. The van der Waals surface area contributed by atoms with E-state index in [9.17, 15) is 13.2 Å². The standard InChI is InChI=1S/C20H24N2O3S/c1-3-14-7-5-8-15(4-2)19(14)22-26(24,25)18-10-6-9-16(13-18)20(23)21-17-11-12-17/h5-10,13,17,22H,3-4,11-12H2,1-2H3,(H,21,23). The third kappa shape index (κ3) is 4.07. The van der Waals surface area contributed by atoms with Crippen LogP contribution in [0, 0.1) is 0 Å². The first-order valence-electron chi connectivity index (χ1n) is 8.99. The summed E-state index contributed by atoms with van der Waals surface area (Å²) in [4.78, 5) is 12.3. The summed E-state index contributed by atoms with van der Waals surface area (Å²) in [6.07, 6.45) is 3.43. The summed E-state index contributed by atoms with van der Waals surface area (Å²) in [6.45, 7) is 3.99. The van der Waals surface area contributed by atoms with Crippen molar-refractivity contribution in [2.45, 2.75) is 50.5 Å². The number of para-hydroxylation sites is 1. The second-order valence-electron chi connectivity index (χ2n) is 6.54. The number of carbonyl (C=O) groups is 1. The highest BCUT2D eigenvalue weighted by Gasteiger charge is 2.25. The molecule has 0 aromatic heterocycles. The lowest BCUT2D eigenvalue weighted by Crippen LogP contribution is -2.25. The van der Waals surface area contributed by atoms with Gasteiger partial charge in [-0.3, -0.25) is 9.52 Å². The molecular formula is C20H24N2O3S. The molecule has 0 radical (unpaired) electrons. The minimum Gasteiger partial charge on any atom is -0.349 e. The van der Waals surface area contributed by atoms with Crippen molar-refractivity contribution in [1.29, 1.82) is 0 Å². The Balaban J connectivity index is 1.90. The number of nitrogens with one attached hydrogen (secondary N) is 2. The first-order chi connectivity index (χ1) is 12.4. The maximum Gasteiger partial charge on any atom is 0.261 e. The van der Waals surface area contributed by atoms with Gasteiger partial charge in [0.05, 0.1) is 10.6 Å². The van der Waals surface area contributed by atoms with Crippen LogP contribution in [0.25, 0.3) is 0 Å². The largest absolute Gasteiger partial charge is 0.349 e. The quantitative estimate of drug-likeness (QED) is 0.781. The third-order valence-electron chi connectivity index (χ3n) is 4.55. The SMILES string of the molecule is CCc1cccc(CC)c1NS(=O)(=O)c1cccc(C(=O)NC2CC2)c1. The minimum absolute atomic E-state index is 0.0916. The Morgan fingerprint density at radius 1 is 1.04 bits per heavy atom. The van der Waals surface area contributed by atoms with Crippen molar-refractivity contribution in [3.05, 3.63) is 59.2 Å². The van der Waals surface area contributed by atoms with Gasteiger partial charge in [0.2, 0.25) is 0 Å². The van der Waals surface area contributed by atoms with Gasteiger partial charge in [-0.15, -0.1) is 0 Å². The average molecular weight is 372 g/mol. The summed E-state index contributed by atoms with van der Waals surface area (Å²) in [5.74, 6) is -0.229. The maximum absolute atomic E-state index is 12.9. The number of aryl methyl sites for hydroxylation is 2. The van der Waals surface area contributed by atoms with Crippen molar-refractivity contribution < 1.29 is 13.2 Å². The van der Waals surface area contributed by atoms with E-state index in [0.29, 0.717) is 11.3 Å². The van der Waals surface area contributed by atoms with Crippen LogP contribution in [0.15, 0.2) is 47.4 Å². The number of hydrogen-bond acceptors (Lipinski definition) is 3. The number of hydrogen-bond donors (Lipinski definition) is 2. The van der Waals surface area contributed by atoms with Gasteiger partial charge in [-0.2, -0.15) is 0 Å². The van der Waals surface area contributed by atoms with Crippen molar-refractivity contribution in [2.75, 3.05) is 4.72 Å². The lowest BCUT2D eigenvalue weighted by molar-refractivity contribution is 0.0951. The van der Waals surface area contributed by atoms with Crippen LogP contribution in [0.3, 0.4) is 0 Å². The molecule has 0 aliphatic heterocycles. The van der Waals surface area contributed by atoms with Crippen molar-refractivity contribution in [2.24, 2.45) is 0 Å². The van der Waals surface area contributed by atoms with E-state index in [4.69, 9.17) is 0 Å². The molecule has 0 heterocycles. The Kier molecular flexibility index (Phi) is 5.32. The van der Waals surface area contributed by atoms with Gasteiger partial charge in [0.1, 0.15) is 0 Å². The predicted molar refractivity (Wildman–Crippen MR) is 103 cm³/mol. The molecule has 1 saturated carbocycles. The van der Waals surface area contributed by atoms with Crippen LogP contribution in [0.1, 0.15) is 48.2 Å². The Bertz CT molecular complexity index is 896. The Morgan fingerprint density at radius 2 is 1.65 bits per heavy atom. The van der Waals surface area contributed by atoms with Crippen LogP contribution >= 0.6 is 0 Å². The summed E-state index contributed by atoms with van der Waals surface area (Å²) < 4.78 is 28.5. The van der Waals surface area contributed by atoms with Crippen LogP contribution in [0.2, 0.25) is 0 Å². The highest BCUT2D eigenvalue weighted by atomic mass is 32.2. The van der Waals surface area contributed by atoms with Crippen LogP contribution < -0.4 is 10.0 Å². The molecule has 0 bridgehead atoms. The third-order valence-corrected chi connectivity index (χ3v) is 5.90. The first-order valence-corrected chi connectivity index (χ1v) is 10.5. The summed E-state index contributed by atoms with van der Waals surface area (Å²) >= 11 is 0. The van der Waals surface area contributed by atoms with Crippen LogP contribution in [0.5, 0.6) is 0 Å². The second kappa shape index (κ2) is 7.50. The number of rotatable bonds is 7. The monoisotopic (exact) mass is 372 g/mol. The van der Waals surface area contributed by atoms with Gasteiger partial charge < -0.3 is 5.32 Å². The first kappa shape index (κ1) is 18.5. The van der Waals surface area contributed by atoms with E-state index in [-0.39, 0.29) is 16.8 Å². The molecule has 2 aromatic carbocycles. The molecule has 1 aliphatic rings. The van der Waals surface area contributed by atoms with Gasteiger partial charge in [-0.25, -0.2) is 8.42 Å². The summed E-state index contributed by atoms with van der Waals surface area (Å²) in [5, 5.41) is 2.88. The fraction of sp³-hybridized carbons (Fsp3) is 0.350. The van der Waals surface area contributed by atoms with Gasteiger partial charge in [-0.05, 0) is 55.0 Å². The topological polar surface area (TPSA) is 75.3 Å². The van der Waals surface area contributed by atoms with E-state index < -0.39 is 10.0 Å². The van der Waals surface area contributed by atoms with Crippen LogP contribution in [0.4, 0.5) is 5.69 Å². The molecule has 6 heteroatoms. The van der Waals surface area contributed by atoms with Gasteiger partial charge in [-0.1, -0.05) is 38.1 Å². The predicted octanol–water partition coefficient (Wildman–Crippen LogP) is 3.50. The summed E-state index contributed by atoms with van der Waals surface area (Å²) in [7, 11) is -3.78. The smallest absolute Gasteiger partial charge is 0.261 e. The van der Waals surface area contributed by atoms with E-state index in [1.807, 2.05) is 32.0 Å². The Labute approximate surface area is 154 Å². The summed E-state index contributed by atoms with van der Waals surface area (Å²) in [6, 6.07) is 12.2. The molecular weight excluding hydrogens is 348 g/mol.